The lowest BCUT2D eigenvalue weighted by atomic mass is 10.00. The molecule has 98 valence electrons. The fraction of sp³-hybridized carbons (Fsp3) is 0.500. The van der Waals surface area contributed by atoms with Gasteiger partial charge in [-0.15, -0.1) is 0 Å². The highest BCUT2D eigenvalue weighted by Gasteiger charge is 2.18. The van der Waals surface area contributed by atoms with Gasteiger partial charge in [-0.2, -0.15) is 0 Å². The third kappa shape index (κ3) is 3.98. The summed E-state index contributed by atoms with van der Waals surface area (Å²) in [5.74, 6) is 0.158. The molecule has 0 aliphatic carbocycles. The van der Waals surface area contributed by atoms with Crippen LogP contribution in [0.5, 0.6) is 0 Å². The molecule has 2 nitrogen and oxygen atoms in total. The van der Waals surface area contributed by atoms with E-state index in [1.54, 1.807) is 18.2 Å². The Morgan fingerprint density at radius 2 is 2.17 bits per heavy atom. The summed E-state index contributed by atoms with van der Waals surface area (Å²) in [5.41, 5.74) is 0.796. The maximum Gasteiger partial charge on any atom is 0.139 e. The molecule has 0 saturated carbocycles. The van der Waals surface area contributed by atoms with E-state index in [4.69, 9.17) is 27.9 Å². The van der Waals surface area contributed by atoms with E-state index in [1.165, 1.54) is 0 Å². The number of carbonyl (C=O) groups is 1. The van der Waals surface area contributed by atoms with Crippen LogP contribution in [-0.4, -0.2) is 18.5 Å². The van der Waals surface area contributed by atoms with Gasteiger partial charge in [0.2, 0.25) is 0 Å². The minimum Gasteiger partial charge on any atom is -0.378 e. The van der Waals surface area contributed by atoms with Gasteiger partial charge in [-0.1, -0.05) is 23.2 Å². The highest BCUT2D eigenvalue weighted by molar-refractivity contribution is 6.33. The molecule has 0 amide bonds. The second kappa shape index (κ2) is 6.55. The van der Waals surface area contributed by atoms with Crippen LogP contribution in [0.4, 0.5) is 0 Å². The van der Waals surface area contributed by atoms with Crippen LogP contribution in [0.15, 0.2) is 18.2 Å². The highest BCUT2D eigenvalue weighted by atomic mass is 35.5. The molecule has 1 unspecified atom stereocenters. The summed E-state index contributed by atoms with van der Waals surface area (Å²) in [6.07, 6.45) is 4.13. The molecule has 1 aromatic rings. The van der Waals surface area contributed by atoms with Crippen LogP contribution < -0.4 is 0 Å². The van der Waals surface area contributed by atoms with E-state index in [2.05, 4.69) is 0 Å². The first-order chi connectivity index (χ1) is 8.65. The van der Waals surface area contributed by atoms with Crippen LogP contribution in [0.3, 0.4) is 0 Å². The summed E-state index contributed by atoms with van der Waals surface area (Å²) in [4.78, 5) is 12.0. The molecule has 1 heterocycles. The van der Waals surface area contributed by atoms with Gasteiger partial charge in [-0.05, 0) is 43.0 Å². The van der Waals surface area contributed by atoms with Gasteiger partial charge in [0.1, 0.15) is 5.78 Å². The number of hydrogen-bond donors (Lipinski definition) is 0. The van der Waals surface area contributed by atoms with Crippen LogP contribution in [0.25, 0.3) is 0 Å². The van der Waals surface area contributed by atoms with E-state index in [1.807, 2.05) is 0 Å². The summed E-state index contributed by atoms with van der Waals surface area (Å²) in [7, 11) is 0. The lowest BCUT2D eigenvalue weighted by molar-refractivity contribution is -0.122. The average molecular weight is 287 g/mol. The van der Waals surface area contributed by atoms with Crippen molar-refractivity contribution < 1.29 is 9.53 Å². The number of ketones is 1. The largest absolute Gasteiger partial charge is 0.378 e. The number of benzene rings is 1. The standard InChI is InChI=1S/C14H16Cl2O2/c15-11-4-5-14(16)10(7-11)8-12(17)9-13-3-1-2-6-18-13/h4-5,7,13H,1-3,6,8-9H2. The van der Waals surface area contributed by atoms with Gasteiger partial charge in [0, 0.05) is 29.5 Å². The maximum atomic E-state index is 12.0. The van der Waals surface area contributed by atoms with Crippen molar-refractivity contribution in [3.05, 3.63) is 33.8 Å². The van der Waals surface area contributed by atoms with Crippen molar-refractivity contribution in [2.75, 3.05) is 6.61 Å². The quantitative estimate of drug-likeness (QED) is 0.834. The Labute approximate surface area is 117 Å². The number of rotatable bonds is 4. The van der Waals surface area contributed by atoms with Crippen LogP contribution in [-0.2, 0) is 16.0 Å². The first-order valence-corrected chi connectivity index (χ1v) is 6.98. The van der Waals surface area contributed by atoms with E-state index < -0.39 is 0 Å². The van der Waals surface area contributed by atoms with E-state index in [0.717, 1.165) is 31.4 Å². The predicted molar refractivity (Wildman–Crippen MR) is 73.4 cm³/mol. The zero-order valence-electron chi connectivity index (χ0n) is 10.1. The van der Waals surface area contributed by atoms with Crippen molar-refractivity contribution in [1.29, 1.82) is 0 Å². The molecule has 0 aromatic heterocycles. The normalized spacial score (nSPS) is 19.8. The van der Waals surface area contributed by atoms with Gasteiger partial charge < -0.3 is 4.74 Å². The topological polar surface area (TPSA) is 26.3 Å². The Hall–Kier alpha value is -0.570. The van der Waals surface area contributed by atoms with Crippen molar-refractivity contribution in [3.8, 4) is 0 Å². The Bertz CT molecular complexity index is 426. The number of Topliss-reactive ketones (excluding diaryl/α,β-unsaturated/α-hetero) is 1. The molecule has 0 radical (unpaired) electrons. The van der Waals surface area contributed by atoms with Crippen molar-refractivity contribution in [1.82, 2.24) is 0 Å². The summed E-state index contributed by atoms with van der Waals surface area (Å²) < 4.78 is 5.56. The highest BCUT2D eigenvalue weighted by Crippen LogP contribution is 2.23. The summed E-state index contributed by atoms with van der Waals surface area (Å²) in [6.45, 7) is 0.774. The molecule has 2 rings (SSSR count). The van der Waals surface area contributed by atoms with Crippen molar-refractivity contribution in [2.45, 2.75) is 38.2 Å². The van der Waals surface area contributed by atoms with Crippen LogP contribution in [0.1, 0.15) is 31.2 Å². The van der Waals surface area contributed by atoms with E-state index in [0.29, 0.717) is 22.9 Å². The van der Waals surface area contributed by atoms with Crippen molar-refractivity contribution >= 4 is 29.0 Å². The first-order valence-electron chi connectivity index (χ1n) is 6.22. The van der Waals surface area contributed by atoms with Gasteiger partial charge in [0.25, 0.3) is 0 Å². The van der Waals surface area contributed by atoms with Crippen molar-refractivity contribution in [2.24, 2.45) is 0 Å². The number of ether oxygens (including phenoxy) is 1. The second-order valence-electron chi connectivity index (χ2n) is 4.64. The van der Waals surface area contributed by atoms with Crippen LogP contribution >= 0.6 is 23.2 Å². The molecule has 0 N–H and O–H groups in total. The molecule has 1 aliphatic rings. The minimum absolute atomic E-state index is 0.0872. The minimum atomic E-state index is 0.0872. The number of halogens is 2. The van der Waals surface area contributed by atoms with E-state index in [-0.39, 0.29) is 11.9 Å². The molecule has 1 fully saturated rings. The molecule has 0 bridgehead atoms. The van der Waals surface area contributed by atoms with E-state index in [9.17, 15) is 4.79 Å². The summed E-state index contributed by atoms with van der Waals surface area (Å²) >= 11 is 11.9. The average Bonchev–Trinajstić information content (AvgIpc) is 2.35. The molecule has 0 spiro atoms. The molecule has 18 heavy (non-hydrogen) atoms. The van der Waals surface area contributed by atoms with Gasteiger partial charge in [-0.25, -0.2) is 0 Å². The Morgan fingerprint density at radius 3 is 2.89 bits per heavy atom. The zero-order valence-corrected chi connectivity index (χ0v) is 11.6. The smallest absolute Gasteiger partial charge is 0.139 e. The fourth-order valence-corrected chi connectivity index (χ4v) is 2.56. The molecule has 1 atom stereocenters. The van der Waals surface area contributed by atoms with Gasteiger partial charge in [-0.3, -0.25) is 4.79 Å². The number of hydrogen-bond acceptors (Lipinski definition) is 2. The molecule has 1 aromatic carbocycles. The van der Waals surface area contributed by atoms with E-state index >= 15 is 0 Å². The summed E-state index contributed by atoms with van der Waals surface area (Å²) in [5, 5.41) is 1.20. The fourth-order valence-electron chi connectivity index (χ4n) is 2.19. The second-order valence-corrected chi connectivity index (χ2v) is 5.49. The molecule has 1 aliphatic heterocycles. The summed E-state index contributed by atoms with van der Waals surface area (Å²) in [6, 6.07) is 5.20. The Balaban J connectivity index is 1.92. The molecular weight excluding hydrogens is 271 g/mol. The number of carbonyl (C=O) groups excluding carboxylic acids is 1. The Morgan fingerprint density at radius 1 is 1.33 bits per heavy atom. The maximum absolute atomic E-state index is 12.0. The molecular formula is C14H16Cl2O2. The van der Waals surface area contributed by atoms with Crippen LogP contribution in [0, 0.1) is 0 Å². The monoisotopic (exact) mass is 286 g/mol. The lowest BCUT2D eigenvalue weighted by Gasteiger charge is -2.21. The van der Waals surface area contributed by atoms with Gasteiger partial charge in [0.15, 0.2) is 0 Å². The van der Waals surface area contributed by atoms with Crippen molar-refractivity contribution in [3.63, 3.8) is 0 Å². The van der Waals surface area contributed by atoms with Gasteiger partial charge in [0.05, 0.1) is 6.10 Å². The molecule has 1 saturated heterocycles. The van der Waals surface area contributed by atoms with Crippen LogP contribution in [0.2, 0.25) is 10.0 Å². The van der Waals surface area contributed by atoms with Gasteiger partial charge >= 0.3 is 0 Å². The Kier molecular flexibility index (Phi) is 5.04. The predicted octanol–water partition coefficient (Wildman–Crippen LogP) is 4.06. The molecule has 4 heteroatoms. The first kappa shape index (κ1) is 13.9. The zero-order chi connectivity index (χ0) is 13.0. The third-order valence-electron chi connectivity index (χ3n) is 3.12. The lowest BCUT2D eigenvalue weighted by Crippen LogP contribution is -2.23. The SMILES string of the molecule is O=C(Cc1cc(Cl)ccc1Cl)CC1CCCCO1. The third-order valence-corrected chi connectivity index (χ3v) is 3.73.